The van der Waals surface area contributed by atoms with Crippen molar-refractivity contribution in [3.8, 4) is 0 Å². The zero-order valence-electron chi connectivity index (χ0n) is 9.81. The van der Waals surface area contributed by atoms with E-state index in [1.165, 1.54) is 31.5 Å². The van der Waals surface area contributed by atoms with E-state index in [1.807, 2.05) is 0 Å². The molecule has 4 N–H and O–H groups in total. The predicted octanol–water partition coefficient (Wildman–Crippen LogP) is 1.96. The molecular weight excluding hydrogens is 218 g/mol. The van der Waals surface area contributed by atoms with Gasteiger partial charge in [-0.2, -0.15) is 0 Å². The van der Waals surface area contributed by atoms with E-state index in [4.69, 9.17) is 10.8 Å². The van der Waals surface area contributed by atoms with Crippen molar-refractivity contribution in [3.05, 3.63) is 17.8 Å². The molecule has 5 heteroatoms. The fraction of sp³-hybridized carbons (Fsp3) is 0.500. The third kappa shape index (κ3) is 2.49. The van der Waals surface area contributed by atoms with Crippen molar-refractivity contribution in [2.24, 2.45) is 5.92 Å². The van der Waals surface area contributed by atoms with Crippen LogP contribution in [0.2, 0.25) is 0 Å². The van der Waals surface area contributed by atoms with Crippen molar-refractivity contribution >= 4 is 17.5 Å². The van der Waals surface area contributed by atoms with Crippen LogP contribution in [-0.4, -0.2) is 22.1 Å². The van der Waals surface area contributed by atoms with Crippen LogP contribution >= 0.6 is 0 Å². The Kier molecular flexibility index (Phi) is 3.17. The second-order valence-corrected chi connectivity index (χ2v) is 4.59. The van der Waals surface area contributed by atoms with Crippen molar-refractivity contribution in [1.29, 1.82) is 0 Å². The van der Waals surface area contributed by atoms with Gasteiger partial charge in [-0.1, -0.05) is 6.42 Å². The van der Waals surface area contributed by atoms with Crippen LogP contribution in [0.3, 0.4) is 0 Å². The summed E-state index contributed by atoms with van der Waals surface area (Å²) in [5, 5.41) is 12.2. The molecule has 1 unspecified atom stereocenters. The topological polar surface area (TPSA) is 88.2 Å². The lowest BCUT2D eigenvalue weighted by atomic mass is 9.80. The first-order chi connectivity index (χ1) is 8.08. The summed E-state index contributed by atoms with van der Waals surface area (Å²) in [5.41, 5.74) is 5.84. The lowest BCUT2D eigenvalue weighted by Gasteiger charge is -2.32. The molecule has 5 nitrogen and oxygen atoms in total. The maximum atomic E-state index is 10.9. The van der Waals surface area contributed by atoms with Gasteiger partial charge in [0.2, 0.25) is 0 Å². The number of carboxylic acid groups (broad SMARTS) is 1. The monoisotopic (exact) mass is 235 g/mol. The van der Waals surface area contributed by atoms with E-state index in [1.54, 1.807) is 0 Å². The summed E-state index contributed by atoms with van der Waals surface area (Å²) in [6, 6.07) is 1.81. The Labute approximate surface area is 100 Å². The Hall–Kier alpha value is -1.78. The van der Waals surface area contributed by atoms with Gasteiger partial charge in [0.05, 0.1) is 17.4 Å². The van der Waals surface area contributed by atoms with Crippen LogP contribution in [0.25, 0.3) is 0 Å². The van der Waals surface area contributed by atoms with Gasteiger partial charge in [0.15, 0.2) is 0 Å². The van der Waals surface area contributed by atoms with Gasteiger partial charge in [0.1, 0.15) is 5.82 Å². The first-order valence-corrected chi connectivity index (χ1v) is 5.83. The standard InChI is InChI=1S/C12H17N3O2/c1-7(8-3-2-4-8)15-11-5-9(12(16)17)10(13)6-14-11/h5-8H,2-4,13H2,1H3,(H,14,15)(H,16,17). The molecule has 0 aromatic carbocycles. The summed E-state index contributed by atoms with van der Waals surface area (Å²) in [6.45, 7) is 2.10. The highest BCUT2D eigenvalue weighted by atomic mass is 16.4. The van der Waals surface area contributed by atoms with Crippen LogP contribution in [-0.2, 0) is 0 Å². The minimum atomic E-state index is -1.02. The van der Waals surface area contributed by atoms with E-state index in [9.17, 15) is 4.79 Å². The molecule has 2 rings (SSSR count). The fourth-order valence-electron chi connectivity index (χ4n) is 2.02. The lowest BCUT2D eigenvalue weighted by Crippen LogP contribution is -2.31. The van der Waals surface area contributed by atoms with Gasteiger partial charge in [-0.25, -0.2) is 9.78 Å². The van der Waals surface area contributed by atoms with E-state index < -0.39 is 5.97 Å². The summed E-state index contributed by atoms with van der Waals surface area (Å²) in [5.74, 6) is 0.225. The molecule has 0 radical (unpaired) electrons. The molecular formula is C12H17N3O2. The quantitative estimate of drug-likeness (QED) is 0.742. The molecule has 0 bridgehead atoms. The highest BCUT2D eigenvalue weighted by Crippen LogP contribution is 2.31. The van der Waals surface area contributed by atoms with Crippen molar-refractivity contribution in [1.82, 2.24) is 4.98 Å². The first kappa shape index (κ1) is 11.7. The summed E-state index contributed by atoms with van der Waals surface area (Å²) < 4.78 is 0. The first-order valence-electron chi connectivity index (χ1n) is 5.83. The van der Waals surface area contributed by atoms with E-state index in [0.717, 1.165) is 0 Å². The highest BCUT2D eigenvalue weighted by Gasteiger charge is 2.24. The molecule has 92 valence electrons. The summed E-state index contributed by atoms with van der Waals surface area (Å²) in [4.78, 5) is 15.0. The fourth-order valence-corrected chi connectivity index (χ4v) is 2.02. The molecule has 1 heterocycles. The van der Waals surface area contributed by atoms with Crippen LogP contribution in [0.15, 0.2) is 12.3 Å². The van der Waals surface area contributed by atoms with E-state index in [0.29, 0.717) is 17.8 Å². The number of hydrogen-bond acceptors (Lipinski definition) is 4. The van der Waals surface area contributed by atoms with E-state index in [2.05, 4.69) is 17.2 Å². The summed E-state index contributed by atoms with van der Waals surface area (Å²) >= 11 is 0. The van der Waals surface area contributed by atoms with E-state index >= 15 is 0 Å². The van der Waals surface area contributed by atoms with Crippen molar-refractivity contribution in [3.63, 3.8) is 0 Å². The Bertz CT molecular complexity index is 430. The Morgan fingerprint density at radius 2 is 2.35 bits per heavy atom. The number of pyridine rings is 1. The molecule has 1 aliphatic carbocycles. The van der Waals surface area contributed by atoms with Gasteiger partial charge in [0.25, 0.3) is 0 Å². The number of anilines is 2. The molecule has 17 heavy (non-hydrogen) atoms. The number of aromatic carboxylic acids is 1. The molecule has 0 amide bonds. The smallest absolute Gasteiger partial charge is 0.337 e. The SMILES string of the molecule is CC(Nc1cc(C(=O)O)c(N)cn1)C1CCC1. The molecule has 0 spiro atoms. The number of hydrogen-bond donors (Lipinski definition) is 3. The molecule has 1 aliphatic rings. The van der Waals surface area contributed by atoms with Crippen LogP contribution in [0.1, 0.15) is 36.5 Å². The minimum absolute atomic E-state index is 0.100. The summed E-state index contributed by atoms with van der Waals surface area (Å²) in [6.07, 6.45) is 5.13. The van der Waals surface area contributed by atoms with Gasteiger partial charge >= 0.3 is 5.97 Å². The number of nitrogens with zero attached hydrogens (tertiary/aromatic N) is 1. The van der Waals surface area contributed by atoms with Crippen LogP contribution in [0, 0.1) is 5.92 Å². The number of carbonyl (C=O) groups is 1. The number of aromatic nitrogens is 1. The third-order valence-corrected chi connectivity index (χ3v) is 3.40. The predicted molar refractivity (Wildman–Crippen MR) is 66.0 cm³/mol. The summed E-state index contributed by atoms with van der Waals surface area (Å²) in [7, 11) is 0. The molecule has 1 fully saturated rings. The van der Waals surface area contributed by atoms with Crippen LogP contribution < -0.4 is 11.1 Å². The van der Waals surface area contributed by atoms with Gasteiger partial charge in [0, 0.05) is 6.04 Å². The molecule has 1 atom stereocenters. The molecule has 1 aromatic heterocycles. The highest BCUT2D eigenvalue weighted by molar-refractivity contribution is 5.94. The zero-order valence-corrected chi connectivity index (χ0v) is 9.81. The average Bonchev–Trinajstić information content (AvgIpc) is 2.17. The van der Waals surface area contributed by atoms with Crippen molar-refractivity contribution in [2.75, 3.05) is 11.1 Å². The van der Waals surface area contributed by atoms with Crippen molar-refractivity contribution < 1.29 is 9.90 Å². The Morgan fingerprint density at radius 3 is 2.88 bits per heavy atom. The third-order valence-electron chi connectivity index (χ3n) is 3.40. The van der Waals surface area contributed by atoms with Gasteiger partial charge in [-0.15, -0.1) is 0 Å². The number of carboxylic acids is 1. The molecule has 0 aliphatic heterocycles. The molecule has 1 saturated carbocycles. The van der Waals surface area contributed by atoms with E-state index in [-0.39, 0.29) is 11.3 Å². The number of nitrogens with two attached hydrogens (primary N) is 1. The lowest BCUT2D eigenvalue weighted by molar-refractivity contribution is 0.0698. The largest absolute Gasteiger partial charge is 0.478 e. The van der Waals surface area contributed by atoms with Crippen LogP contribution in [0.5, 0.6) is 0 Å². The number of nitrogens with one attached hydrogen (secondary N) is 1. The van der Waals surface area contributed by atoms with Crippen LogP contribution in [0.4, 0.5) is 11.5 Å². The Morgan fingerprint density at radius 1 is 1.65 bits per heavy atom. The molecule has 1 aromatic rings. The Balaban J connectivity index is 2.10. The van der Waals surface area contributed by atoms with Gasteiger partial charge < -0.3 is 16.2 Å². The maximum Gasteiger partial charge on any atom is 0.337 e. The van der Waals surface area contributed by atoms with Gasteiger partial charge in [-0.05, 0) is 31.7 Å². The molecule has 0 saturated heterocycles. The normalized spacial score (nSPS) is 17.2. The zero-order chi connectivity index (χ0) is 12.4. The second-order valence-electron chi connectivity index (χ2n) is 4.59. The number of rotatable bonds is 4. The number of nitrogen functional groups attached to an aromatic ring is 1. The second kappa shape index (κ2) is 4.61. The minimum Gasteiger partial charge on any atom is -0.478 e. The van der Waals surface area contributed by atoms with Gasteiger partial charge in [-0.3, -0.25) is 0 Å². The average molecular weight is 235 g/mol. The maximum absolute atomic E-state index is 10.9. The van der Waals surface area contributed by atoms with Crippen molar-refractivity contribution in [2.45, 2.75) is 32.2 Å².